The van der Waals surface area contributed by atoms with Crippen LogP contribution in [0.3, 0.4) is 0 Å². The molecule has 0 saturated carbocycles. The standard InChI is InChI=1S/C11H12OS/c12-10-5-3-9(8-10)4-6-11-2-1-7-13-11/h1-2,7-8H,3-6H2. The molecule has 1 aromatic rings. The Kier molecular flexibility index (Phi) is 2.60. The fourth-order valence-electron chi connectivity index (χ4n) is 1.59. The minimum Gasteiger partial charge on any atom is -0.295 e. The summed E-state index contributed by atoms with van der Waals surface area (Å²) in [5.74, 6) is 0.307. The lowest BCUT2D eigenvalue weighted by Crippen LogP contribution is -1.82. The van der Waals surface area contributed by atoms with Crippen molar-refractivity contribution in [3.8, 4) is 0 Å². The summed E-state index contributed by atoms with van der Waals surface area (Å²) in [6.45, 7) is 0. The number of aryl methyl sites for hydroxylation is 1. The highest BCUT2D eigenvalue weighted by Crippen LogP contribution is 2.21. The van der Waals surface area contributed by atoms with Crippen LogP contribution in [0.4, 0.5) is 0 Å². The molecule has 1 aliphatic carbocycles. The minimum absolute atomic E-state index is 0.307. The van der Waals surface area contributed by atoms with Gasteiger partial charge in [0, 0.05) is 11.3 Å². The van der Waals surface area contributed by atoms with Crippen molar-refractivity contribution in [3.63, 3.8) is 0 Å². The van der Waals surface area contributed by atoms with E-state index in [1.807, 2.05) is 6.08 Å². The van der Waals surface area contributed by atoms with Crippen molar-refractivity contribution in [2.45, 2.75) is 25.7 Å². The fourth-order valence-corrected chi connectivity index (χ4v) is 2.30. The molecule has 0 aromatic carbocycles. The zero-order chi connectivity index (χ0) is 9.10. The topological polar surface area (TPSA) is 17.1 Å². The number of hydrogen-bond donors (Lipinski definition) is 0. The smallest absolute Gasteiger partial charge is 0.155 e. The van der Waals surface area contributed by atoms with E-state index in [2.05, 4.69) is 17.5 Å². The molecule has 68 valence electrons. The number of ketones is 1. The number of carbonyl (C=O) groups excluding carboxylic acids is 1. The predicted molar refractivity (Wildman–Crippen MR) is 55.0 cm³/mol. The van der Waals surface area contributed by atoms with E-state index in [0.29, 0.717) is 5.78 Å². The molecule has 0 bridgehead atoms. The molecule has 0 N–H and O–H groups in total. The number of thiophene rings is 1. The second-order valence-electron chi connectivity index (χ2n) is 3.35. The Bertz CT molecular complexity index is 322. The molecule has 0 spiro atoms. The Balaban J connectivity index is 1.87. The molecular formula is C11H12OS. The largest absolute Gasteiger partial charge is 0.295 e. The highest BCUT2D eigenvalue weighted by atomic mass is 32.1. The summed E-state index contributed by atoms with van der Waals surface area (Å²) in [6.07, 6.45) is 5.71. The van der Waals surface area contributed by atoms with E-state index in [1.54, 1.807) is 11.3 Å². The first kappa shape index (κ1) is 8.70. The van der Waals surface area contributed by atoms with Crippen molar-refractivity contribution in [1.29, 1.82) is 0 Å². The summed E-state index contributed by atoms with van der Waals surface area (Å²) in [4.78, 5) is 12.4. The normalized spacial score (nSPS) is 16.3. The quantitative estimate of drug-likeness (QED) is 0.719. The van der Waals surface area contributed by atoms with Crippen molar-refractivity contribution >= 4 is 17.1 Å². The maximum absolute atomic E-state index is 10.9. The zero-order valence-corrected chi connectivity index (χ0v) is 8.27. The average Bonchev–Trinajstić information content (AvgIpc) is 2.71. The lowest BCUT2D eigenvalue weighted by atomic mass is 10.1. The van der Waals surface area contributed by atoms with Gasteiger partial charge in [-0.15, -0.1) is 11.3 Å². The second-order valence-corrected chi connectivity index (χ2v) is 4.38. The minimum atomic E-state index is 0.307. The van der Waals surface area contributed by atoms with Crippen molar-refractivity contribution in [2.75, 3.05) is 0 Å². The first-order valence-corrected chi connectivity index (χ1v) is 5.47. The summed E-state index contributed by atoms with van der Waals surface area (Å²) in [5.41, 5.74) is 1.33. The number of hydrogen-bond acceptors (Lipinski definition) is 2. The molecule has 0 atom stereocenters. The Morgan fingerprint density at radius 3 is 2.85 bits per heavy atom. The Morgan fingerprint density at radius 1 is 1.31 bits per heavy atom. The van der Waals surface area contributed by atoms with Crippen molar-refractivity contribution in [3.05, 3.63) is 34.0 Å². The van der Waals surface area contributed by atoms with Gasteiger partial charge in [-0.25, -0.2) is 0 Å². The van der Waals surface area contributed by atoms with Gasteiger partial charge in [-0.3, -0.25) is 4.79 Å². The van der Waals surface area contributed by atoms with Gasteiger partial charge >= 0.3 is 0 Å². The second kappa shape index (κ2) is 3.88. The summed E-state index contributed by atoms with van der Waals surface area (Å²) < 4.78 is 0. The van der Waals surface area contributed by atoms with Crippen LogP contribution in [0.25, 0.3) is 0 Å². The van der Waals surface area contributed by atoms with Crippen LogP contribution < -0.4 is 0 Å². The number of carbonyl (C=O) groups is 1. The fraction of sp³-hybridized carbons (Fsp3) is 0.364. The summed E-state index contributed by atoms with van der Waals surface area (Å²) in [7, 11) is 0. The van der Waals surface area contributed by atoms with Crippen molar-refractivity contribution < 1.29 is 4.79 Å². The van der Waals surface area contributed by atoms with Crippen LogP contribution >= 0.6 is 11.3 Å². The van der Waals surface area contributed by atoms with Gasteiger partial charge in [-0.2, -0.15) is 0 Å². The molecule has 0 saturated heterocycles. The van der Waals surface area contributed by atoms with E-state index >= 15 is 0 Å². The van der Waals surface area contributed by atoms with Gasteiger partial charge < -0.3 is 0 Å². The Hall–Kier alpha value is -0.890. The van der Waals surface area contributed by atoms with E-state index < -0.39 is 0 Å². The van der Waals surface area contributed by atoms with Crippen LogP contribution in [0.2, 0.25) is 0 Å². The van der Waals surface area contributed by atoms with Crippen LogP contribution in [0.5, 0.6) is 0 Å². The van der Waals surface area contributed by atoms with E-state index in [0.717, 1.165) is 25.7 Å². The van der Waals surface area contributed by atoms with Gasteiger partial charge in [0.05, 0.1) is 0 Å². The van der Waals surface area contributed by atoms with Crippen LogP contribution in [-0.4, -0.2) is 5.78 Å². The van der Waals surface area contributed by atoms with E-state index in [9.17, 15) is 4.79 Å². The molecule has 0 amide bonds. The molecule has 1 heterocycles. The third kappa shape index (κ3) is 2.28. The summed E-state index contributed by atoms with van der Waals surface area (Å²) >= 11 is 1.79. The molecule has 2 heteroatoms. The van der Waals surface area contributed by atoms with E-state index in [4.69, 9.17) is 0 Å². The van der Waals surface area contributed by atoms with Gasteiger partial charge in [-0.1, -0.05) is 11.6 Å². The van der Waals surface area contributed by atoms with E-state index in [1.165, 1.54) is 10.5 Å². The molecule has 13 heavy (non-hydrogen) atoms. The lowest BCUT2D eigenvalue weighted by Gasteiger charge is -1.97. The van der Waals surface area contributed by atoms with E-state index in [-0.39, 0.29) is 0 Å². The summed E-state index contributed by atoms with van der Waals surface area (Å²) in [6, 6.07) is 4.23. The molecule has 1 nitrogen and oxygen atoms in total. The number of rotatable bonds is 3. The monoisotopic (exact) mass is 192 g/mol. The van der Waals surface area contributed by atoms with Crippen molar-refractivity contribution in [1.82, 2.24) is 0 Å². The Morgan fingerprint density at radius 2 is 2.23 bits per heavy atom. The maximum Gasteiger partial charge on any atom is 0.155 e. The van der Waals surface area contributed by atoms with Gasteiger partial charge in [-0.05, 0) is 36.8 Å². The molecule has 0 fully saturated rings. The number of allylic oxidation sites excluding steroid dienone is 2. The van der Waals surface area contributed by atoms with Crippen LogP contribution in [0.1, 0.15) is 24.1 Å². The first-order valence-electron chi connectivity index (χ1n) is 4.59. The van der Waals surface area contributed by atoms with Gasteiger partial charge in [0.15, 0.2) is 5.78 Å². The molecule has 2 rings (SSSR count). The van der Waals surface area contributed by atoms with Crippen LogP contribution in [-0.2, 0) is 11.2 Å². The van der Waals surface area contributed by atoms with Gasteiger partial charge in [0.1, 0.15) is 0 Å². The molecule has 0 radical (unpaired) electrons. The lowest BCUT2D eigenvalue weighted by molar-refractivity contribution is -0.114. The summed E-state index contributed by atoms with van der Waals surface area (Å²) in [5, 5.41) is 2.10. The predicted octanol–water partition coefficient (Wildman–Crippen LogP) is 2.97. The molecular weight excluding hydrogens is 180 g/mol. The first-order chi connectivity index (χ1) is 6.34. The SMILES string of the molecule is O=C1C=C(CCc2cccs2)CC1. The third-order valence-electron chi connectivity index (χ3n) is 2.33. The van der Waals surface area contributed by atoms with Gasteiger partial charge in [0.25, 0.3) is 0 Å². The van der Waals surface area contributed by atoms with Crippen LogP contribution in [0, 0.1) is 0 Å². The van der Waals surface area contributed by atoms with Crippen molar-refractivity contribution in [2.24, 2.45) is 0 Å². The maximum atomic E-state index is 10.9. The highest BCUT2D eigenvalue weighted by molar-refractivity contribution is 7.09. The van der Waals surface area contributed by atoms with Gasteiger partial charge in [0.2, 0.25) is 0 Å². The van der Waals surface area contributed by atoms with Crippen LogP contribution in [0.15, 0.2) is 29.2 Å². The molecule has 0 aliphatic heterocycles. The highest BCUT2D eigenvalue weighted by Gasteiger charge is 2.11. The third-order valence-corrected chi connectivity index (χ3v) is 3.27. The molecule has 1 aromatic heterocycles. The average molecular weight is 192 g/mol. The molecule has 0 unspecified atom stereocenters. The molecule has 1 aliphatic rings. The zero-order valence-electron chi connectivity index (χ0n) is 7.45. The Labute approximate surface area is 82.1 Å².